The molecule has 0 atom stereocenters. The van der Waals surface area contributed by atoms with E-state index in [2.05, 4.69) is 129 Å². The summed E-state index contributed by atoms with van der Waals surface area (Å²) in [6, 6.07) is 21.1. The number of hydrogen-bond acceptors (Lipinski definition) is 5. The number of non-ortho nitro benzene ring substituents is 1. The van der Waals surface area contributed by atoms with Gasteiger partial charge in [0, 0.05) is 74.2 Å². The third-order valence-corrected chi connectivity index (χ3v) is 12.1. The summed E-state index contributed by atoms with van der Waals surface area (Å²) in [4.78, 5) is 17.4. The first-order valence-electron chi connectivity index (χ1n) is 17.1. The van der Waals surface area contributed by atoms with E-state index in [0.29, 0.717) is 0 Å². The summed E-state index contributed by atoms with van der Waals surface area (Å²) in [5.74, 6) is 0. The number of nitro benzene ring substituents is 1. The molecule has 4 aromatic rings. The maximum atomic E-state index is 11.5. The molecule has 2 aromatic carbocycles. The van der Waals surface area contributed by atoms with Crippen LogP contribution in [-0.4, -0.2) is 28.3 Å². The third-order valence-electron chi connectivity index (χ3n) is 9.91. The van der Waals surface area contributed by atoms with Crippen LogP contribution in [0.1, 0.15) is 78.4 Å². The van der Waals surface area contributed by atoms with Crippen molar-refractivity contribution in [2.24, 2.45) is 0 Å². The van der Waals surface area contributed by atoms with Gasteiger partial charge in [0.05, 0.1) is 10.3 Å². The van der Waals surface area contributed by atoms with Crippen molar-refractivity contribution in [2.45, 2.75) is 78.1 Å². The Labute approximate surface area is 293 Å². The Kier molecular flexibility index (Phi) is 9.73. The Morgan fingerprint density at radius 1 is 0.854 bits per heavy atom. The second kappa shape index (κ2) is 13.8. The Hall–Kier alpha value is -4.07. The molecule has 0 amide bonds. The van der Waals surface area contributed by atoms with Gasteiger partial charge in [-0.05, 0) is 86.2 Å². The van der Waals surface area contributed by atoms with E-state index in [4.69, 9.17) is 0 Å². The molecule has 4 heterocycles. The highest BCUT2D eigenvalue weighted by Gasteiger charge is 2.44. The normalized spacial score (nSPS) is 17.3. The zero-order valence-corrected chi connectivity index (χ0v) is 30.6. The van der Waals surface area contributed by atoms with Gasteiger partial charge in [-0.3, -0.25) is 10.1 Å². The van der Waals surface area contributed by atoms with Crippen molar-refractivity contribution >= 4 is 45.4 Å². The van der Waals surface area contributed by atoms with Crippen molar-refractivity contribution < 1.29 is 9.50 Å². The lowest BCUT2D eigenvalue weighted by Gasteiger charge is -2.25. The standard InChI is InChI=1S/C41H46N3O2S2/c1-7-9-10-14-25-43-34-21-19-29(35-23-24-37(48-35)36-16-15-26-47-36)27-31(34)40(3,4)39(43)18-13-11-12-17-38-41(5,6)32-28-30(44(45)46)20-22-33(32)42(38)8-2/h11-13,15-24,26-28H,7-10,14,25H2,1-6H3/q+1. The summed E-state index contributed by atoms with van der Waals surface area (Å²) < 4.78 is 2.55. The highest BCUT2D eigenvalue weighted by molar-refractivity contribution is 7.23. The van der Waals surface area contributed by atoms with Crippen LogP contribution in [0, 0.1) is 10.1 Å². The molecule has 0 N–H and O–H groups in total. The fourth-order valence-electron chi connectivity index (χ4n) is 7.29. The van der Waals surface area contributed by atoms with Crippen LogP contribution in [0.5, 0.6) is 0 Å². The van der Waals surface area contributed by atoms with E-state index in [-0.39, 0.29) is 21.4 Å². The van der Waals surface area contributed by atoms with E-state index in [1.807, 2.05) is 17.4 Å². The summed E-state index contributed by atoms with van der Waals surface area (Å²) in [5.41, 5.74) is 8.15. The van der Waals surface area contributed by atoms with Crippen LogP contribution in [0.4, 0.5) is 17.1 Å². The lowest BCUT2D eigenvalue weighted by molar-refractivity contribution is -0.438. The molecule has 0 fully saturated rings. The first kappa shape index (κ1) is 33.8. The predicted octanol–water partition coefficient (Wildman–Crippen LogP) is 11.8. The average Bonchev–Trinajstić information content (AvgIpc) is 3.85. The Morgan fingerprint density at radius 2 is 1.67 bits per heavy atom. The van der Waals surface area contributed by atoms with E-state index < -0.39 is 0 Å². The molecular weight excluding hydrogens is 631 g/mol. The molecule has 2 aliphatic rings. The van der Waals surface area contributed by atoms with Crippen molar-refractivity contribution in [3.63, 3.8) is 0 Å². The van der Waals surface area contributed by atoms with Gasteiger partial charge in [0.25, 0.3) is 5.69 Å². The van der Waals surface area contributed by atoms with Crippen LogP contribution in [0.15, 0.2) is 102 Å². The zero-order chi connectivity index (χ0) is 34.1. The number of anilines is 1. The van der Waals surface area contributed by atoms with Crippen molar-refractivity contribution in [3.05, 3.63) is 123 Å². The number of hydrogen-bond donors (Lipinski definition) is 0. The summed E-state index contributed by atoms with van der Waals surface area (Å²) in [5, 5.41) is 13.6. The molecule has 48 heavy (non-hydrogen) atoms. The molecule has 248 valence electrons. The Morgan fingerprint density at radius 3 is 2.40 bits per heavy atom. The van der Waals surface area contributed by atoms with Crippen LogP contribution in [0.3, 0.4) is 0 Å². The Balaban J connectivity index is 1.28. The second-order valence-electron chi connectivity index (χ2n) is 13.7. The largest absolute Gasteiger partial charge is 0.344 e. The Bertz CT molecular complexity index is 1940. The van der Waals surface area contributed by atoms with E-state index in [1.165, 1.54) is 62.8 Å². The van der Waals surface area contributed by atoms with E-state index in [0.717, 1.165) is 30.0 Å². The molecule has 2 aromatic heterocycles. The first-order valence-corrected chi connectivity index (χ1v) is 18.8. The monoisotopic (exact) mass is 676 g/mol. The fourth-order valence-corrected chi connectivity index (χ4v) is 9.12. The molecule has 0 spiro atoms. The summed E-state index contributed by atoms with van der Waals surface area (Å²) in [6.45, 7) is 15.2. The van der Waals surface area contributed by atoms with Gasteiger partial charge in [-0.2, -0.15) is 4.58 Å². The molecule has 6 rings (SSSR count). The molecule has 0 saturated carbocycles. The lowest BCUT2D eigenvalue weighted by atomic mass is 9.80. The van der Waals surface area contributed by atoms with Gasteiger partial charge in [-0.1, -0.05) is 57.9 Å². The maximum Gasteiger partial charge on any atom is 0.269 e. The highest BCUT2D eigenvalue weighted by Crippen LogP contribution is 2.49. The lowest BCUT2D eigenvalue weighted by Crippen LogP contribution is -2.28. The fraction of sp³-hybridized carbons (Fsp3) is 0.341. The van der Waals surface area contributed by atoms with E-state index in [1.54, 1.807) is 23.5 Å². The molecule has 0 unspecified atom stereocenters. The van der Waals surface area contributed by atoms with Crippen molar-refractivity contribution in [3.8, 4) is 20.2 Å². The van der Waals surface area contributed by atoms with Crippen LogP contribution in [0.2, 0.25) is 0 Å². The third kappa shape index (κ3) is 6.26. The van der Waals surface area contributed by atoms with Gasteiger partial charge < -0.3 is 4.90 Å². The zero-order valence-electron chi connectivity index (χ0n) is 29.0. The minimum absolute atomic E-state index is 0.139. The molecule has 0 aliphatic carbocycles. The number of rotatable bonds is 12. The molecule has 5 nitrogen and oxygen atoms in total. The summed E-state index contributed by atoms with van der Waals surface area (Å²) >= 11 is 3.66. The number of allylic oxidation sites excluding steroid dienone is 6. The number of likely N-dealkylation sites (N-methyl/N-ethyl adjacent to an activating group) is 1. The quantitative estimate of drug-likeness (QED) is 0.0493. The number of nitro groups is 1. The second-order valence-corrected chi connectivity index (χ2v) is 15.8. The van der Waals surface area contributed by atoms with Gasteiger partial charge in [0.15, 0.2) is 5.71 Å². The molecule has 0 bridgehead atoms. The topological polar surface area (TPSA) is 49.4 Å². The van der Waals surface area contributed by atoms with Crippen molar-refractivity contribution in [2.75, 3.05) is 18.0 Å². The minimum Gasteiger partial charge on any atom is -0.344 e. The summed E-state index contributed by atoms with van der Waals surface area (Å²) in [7, 11) is 0. The number of fused-ring (bicyclic) bond motifs is 2. The molecule has 0 radical (unpaired) electrons. The van der Waals surface area contributed by atoms with Gasteiger partial charge in [-0.25, -0.2) is 0 Å². The number of nitrogens with zero attached hydrogens (tertiary/aromatic N) is 3. The van der Waals surface area contributed by atoms with Crippen LogP contribution >= 0.6 is 22.7 Å². The van der Waals surface area contributed by atoms with Crippen molar-refractivity contribution in [1.82, 2.24) is 0 Å². The first-order chi connectivity index (χ1) is 23.1. The van der Waals surface area contributed by atoms with Crippen molar-refractivity contribution in [1.29, 1.82) is 0 Å². The SMILES string of the molecule is CCCCCC[N+]1=C(/C=C/C=C/C=C2\N(CC)c3ccc([N+](=O)[O-])cc3C2(C)C)C(C)(C)c2cc(-c3ccc(-c4cccs4)s3)ccc21. The van der Waals surface area contributed by atoms with Crippen LogP contribution in [0.25, 0.3) is 20.2 Å². The van der Waals surface area contributed by atoms with E-state index in [9.17, 15) is 10.1 Å². The smallest absolute Gasteiger partial charge is 0.269 e. The van der Waals surface area contributed by atoms with E-state index >= 15 is 0 Å². The molecule has 2 aliphatic heterocycles. The minimum atomic E-state index is -0.338. The number of benzene rings is 2. The van der Waals surface area contributed by atoms with Gasteiger partial charge in [-0.15, -0.1) is 22.7 Å². The molecule has 7 heteroatoms. The number of unbranched alkanes of at least 4 members (excludes halogenated alkanes) is 3. The molecule has 0 saturated heterocycles. The average molecular weight is 677 g/mol. The maximum absolute atomic E-state index is 11.5. The molecular formula is C41H46N3O2S2+. The van der Waals surface area contributed by atoms with Crippen LogP contribution in [-0.2, 0) is 10.8 Å². The van der Waals surface area contributed by atoms with Gasteiger partial charge in [0.2, 0.25) is 5.69 Å². The number of thiophene rings is 2. The van der Waals surface area contributed by atoms with Crippen LogP contribution < -0.4 is 4.90 Å². The van der Waals surface area contributed by atoms with Gasteiger partial charge >= 0.3 is 0 Å². The van der Waals surface area contributed by atoms with Gasteiger partial charge in [0.1, 0.15) is 6.54 Å². The predicted molar refractivity (Wildman–Crippen MR) is 206 cm³/mol. The highest BCUT2D eigenvalue weighted by atomic mass is 32.1. The summed E-state index contributed by atoms with van der Waals surface area (Å²) in [6.07, 6.45) is 15.8.